The lowest BCUT2D eigenvalue weighted by Crippen LogP contribution is -2.16. The summed E-state index contributed by atoms with van der Waals surface area (Å²) in [6, 6.07) is 6.17. The monoisotopic (exact) mass is 181 g/mol. The predicted molar refractivity (Wildman–Crippen MR) is 48.9 cm³/mol. The molecule has 0 heterocycles. The molecule has 1 aromatic rings. The summed E-state index contributed by atoms with van der Waals surface area (Å²) >= 11 is 0. The summed E-state index contributed by atoms with van der Waals surface area (Å²) < 4.78 is 12.8. The maximum absolute atomic E-state index is 12.8. The molecule has 0 saturated heterocycles. The minimum Gasteiger partial charge on any atom is -0.313 e. The zero-order valence-electron chi connectivity index (χ0n) is 7.46. The van der Waals surface area contributed by atoms with Gasteiger partial charge in [-0.2, -0.15) is 0 Å². The molecule has 1 atom stereocenters. The van der Waals surface area contributed by atoms with Gasteiger partial charge < -0.3 is 10.1 Å². The molecule has 0 fully saturated rings. The number of carbonyl (C=O) groups excluding carboxylic acids is 1. The topological polar surface area (TPSA) is 29.1 Å². The van der Waals surface area contributed by atoms with Gasteiger partial charge in [0.1, 0.15) is 12.1 Å². The number of hydrogen-bond donors (Lipinski definition) is 1. The summed E-state index contributed by atoms with van der Waals surface area (Å²) in [4.78, 5) is 10.3. The SMILES string of the molecule is CN[C@@H](CC=O)c1cccc(F)c1. The molecular weight excluding hydrogens is 169 g/mol. The Morgan fingerprint density at radius 2 is 2.38 bits per heavy atom. The zero-order chi connectivity index (χ0) is 9.68. The Hall–Kier alpha value is -1.22. The molecule has 0 spiro atoms. The Morgan fingerprint density at radius 1 is 1.62 bits per heavy atom. The second kappa shape index (κ2) is 4.72. The van der Waals surface area contributed by atoms with E-state index >= 15 is 0 Å². The normalized spacial score (nSPS) is 12.5. The van der Waals surface area contributed by atoms with E-state index in [0.29, 0.717) is 6.42 Å². The molecule has 1 N–H and O–H groups in total. The van der Waals surface area contributed by atoms with E-state index in [1.165, 1.54) is 12.1 Å². The van der Waals surface area contributed by atoms with Gasteiger partial charge in [0, 0.05) is 12.5 Å². The number of hydrogen-bond acceptors (Lipinski definition) is 2. The average molecular weight is 181 g/mol. The highest BCUT2D eigenvalue weighted by Gasteiger charge is 2.08. The summed E-state index contributed by atoms with van der Waals surface area (Å²) in [5.41, 5.74) is 0.801. The molecule has 1 rings (SSSR count). The Balaban J connectivity index is 2.84. The molecule has 1 aromatic carbocycles. The first-order valence-electron chi connectivity index (χ1n) is 4.14. The van der Waals surface area contributed by atoms with Crippen molar-refractivity contribution < 1.29 is 9.18 Å². The quantitative estimate of drug-likeness (QED) is 0.716. The van der Waals surface area contributed by atoms with Crippen LogP contribution < -0.4 is 5.32 Å². The Bertz CT molecular complexity index is 288. The minimum absolute atomic E-state index is 0.0896. The van der Waals surface area contributed by atoms with E-state index < -0.39 is 0 Å². The molecule has 0 aliphatic heterocycles. The van der Waals surface area contributed by atoms with Gasteiger partial charge in [0.05, 0.1) is 0 Å². The van der Waals surface area contributed by atoms with E-state index in [9.17, 15) is 9.18 Å². The molecule has 0 aliphatic carbocycles. The van der Waals surface area contributed by atoms with Crippen LogP contribution in [0.1, 0.15) is 18.0 Å². The number of nitrogens with one attached hydrogen (secondary N) is 1. The third-order valence-electron chi connectivity index (χ3n) is 1.93. The maximum atomic E-state index is 12.8. The van der Waals surface area contributed by atoms with Crippen LogP contribution in [0.3, 0.4) is 0 Å². The van der Waals surface area contributed by atoms with Crippen molar-refractivity contribution in [2.75, 3.05) is 7.05 Å². The second-order valence-electron chi connectivity index (χ2n) is 2.80. The van der Waals surface area contributed by atoms with Crippen LogP contribution in [-0.4, -0.2) is 13.3 Å². The molecule has 3 heteroatoms. The van der Waals surface area contributed by atoms with E-state index in [-0.39, 0.29) is 11.9 Å². The van der Waals surface area contributed by atoms with Crippen molar-refractivity contribution in [2.24, 2.45) is 0 Å². The highest BCUT2D eigenvalue weighted by molar-refractivity contribution is 5.51. The van der Waals surface area contributed by atoms with Gasteiger partial charge in [-0.1, -0.05) is 12.1 Å². The Labute approximate surface area is 76.8 Å². The lowest BCUT2D eigenvalue weighted by atomic mass is 10.0. The van der Waals surface area contributed by atoms with Crippen LogP contribution >= 0.6 is 0 Å². The second-order valence-corrected chi connectivity index (χ2v) is 2.80. The first-order chi connectivity index (χ1) is 6.27. The largest absolute Gasteiger partial charge is 0.313 e. The predicted octanol–water partition coefficient (Wildman–Crippen LogP) is 1.68. The van der Waals surface area contributed by atoms with Gasteiger partial charge >= 0.3 is 0 Å². The van der Waals surface area contributed by atoms with Crippen molar-refractivity contribution in [2.45, 2.75) is 12.5 Å². The van der Waals surface area contributed by atoms with Gasteiger partial charge in [0.2, 0.25) is 0 Å². The molecule has 2 nitrogen and oxygen atoms in total. The number of rotatable bonds is 4. The minimum atomic E-state index is -0.274. The fourth-order valence-electron chi connectivity index (χ4n) is 1.24. The van der Waals surface area contributed by atoms with Crippen molar-refractivity contribution >= 4 is 6.29 Å². The van der Waals surface area contributed by atoms with Crippen LogP contribution in [-0.2, 0) is 4.79 Å². The van der Waals surface area contributed by atoms with E-state index in [0.717, 1.165) is 11.8 Å². The van der Waals surface area contributed by atoms with Crippen molar-refractivity contribution in [3.05, 3.63) is 35.6 Å². The third kappa shape index (κ3) is 2.63. The van der Waals surface area contributed by atoms with Gasteiger partial charge in [-0.15, -0.1) is 0 Å². The van der Waals surface area contributed by atoms with Gasteiger partial charge in [0.15, 0.2) is 0 Å². The highest BCUT2D eigenvalue weighted by atomic mass is 19.1. The zero-order valence-corrected chi connectivity index (χ0v) is 7.46. The van der Waals surface area contributed by atoms with Crippen LogP contribution in [0.15, 0.2) is 24.3 Å². The fourth-order valence-corrected chi connectivity index (χ4v) is 1.24. The van der Waals surface area contributed by atoms with E-state index in [4.69, 9.17) is 0 Å². The number of aldehydes is 1. The molecule has 70 valence electrons. The Morgan fingerprint density at radius 3 is 2.92 bits per heavy atom. The molecular formula is C10H12FNO. The molecule has 0 aliphatic rings. The molecule has 0 amide bonds. The van der Waals surface area contributed by atoms with Crippen molar-refractivity contribution in [1.29, 1.82) is 0 Å². The van der Waals surface area contributed by atoms with Crippen LogP contribution in [0, 0.1) is 5.82 Å². The summed E-state index contributed by atoms with van der Waals surface area (Å²) in [7, 11) is 1.75. The summed E-state index contributed by atoms with van der Waals surface area (Å²) in [6.45, 7) is 0. The summed E-state index contributed by atoms with van der Waals surface area (Å²) in [5.74, 6) is -0.274. The standard InChI is InChI=1S/C10H12FNO/c1-12-10(5-6-13)8-3-2-4-9(11)7-8/h2-4,6-7,10,12H,5H2,1H3/t10-/m0/s1. The molecule has 0 unspecified atom stereocenters. The van der Waals surface area contributed by atoms with Gasteiger partial charge in [-0.05, 0) is 24.7 Å². The summed E-state index contributed by atoms with van der Waals surface area (Å²) in [5, 5.41) is 2.95. The first-order valence-corrected chi connectivity index (χ1v) is 4.14. The highest BCUT2D eigenvalue weighted by Crippen LogP contribution is 2.15. The molecule has 0 bridgehead atoms. The fraction of sp³-hybridized carbons (Fsp3) is 0.300. The van der Waals surface area contributed by atoms with E-state index in [1.54, 1.807) is 19.2 Å². The average Bonchev–Trinajstić information content (AvgIpc) is 2.14. The number of benzene rings is 1. The Kier molecular flexibility index (Phi) is 3.58. The van der Waals surface area contributed by atoms with Gasteiger partial charge in [-0.25, -0.2) is 4.39 Å². The van der Waals surface area contributed by atoms with E-state index in [1.807, 2.05) is 0 Å². The van der Waals surface area contributed by atoms with Crippen molar-refractivity contribution in [3.8, 4) is 0 Å². The van der Waals surface area contributed by atoms with Crippen molar-refractivity contribution in [1.82, 2.24) is 5.32 Å². The van der Waals surface area contributed by atoms with Crippen LogP contribution in [0.2, 0.25) is 0 Å². The van der Waals surface area contributed by atoms with Crippen LogP contribution in [0.5, 0.6) is 0 Å². The molecule has 13 heavy (non-hydrogen) atoms. The summed E-state index contributed by atoms with van der Waals surface area (Å²) in [6.07, 6.45) is 1.19. The van der Waals surface area contributed by atoms with E-state index in [2.05, 4.69) is 5.32 Å². The lowest BCUT2D eigenvalue weighted by Gasteiger charge is -2.12. The number of halogens is 1. The lowest BCUT2D eigenvalue weighted by molar-refractivity contribution is -0.108. The van der Waals surface area contributed by atoms with Crippen LogP contribution in [0.25, 0.3) is 0 Å². The molecule has 0 saturated carbocycles. The molecule has 0 aromatic heterocycles. The maximum Gasteiger partial charge on any atom is 0.123 e. The van der Waals surface area contributed by atoms with Gasteiger partial charge in [0.25, 0.3) is 0 Å². The third-order valence-corrected chi connectivity index (χ3v) is 1.93. The smallest absolute Gasteiger partial charge is 0.123 e. The van der Waals surface area contributed by atoms with Crippen LogP contribution in [0.4, 0.5) is 4.39 Å². The van der Waals surface area contributed by atoms with Gasteiger partial charge in [-0.3, -0.25) is 0 Å². The number of carbonyl (C=O) groups is 1. The molecule has 0 radical (unpaired) electrons. The van der Waals surface area contributed by atoms with Crippen molar-refractivity contribution in [3.63, 3.8) is 0 Å². The first kappa shape index (κ1) is 9.86.